The number of halogens is 1. The van der Waals surface area contributed by atoms with Crippen LogP contribution in [0.3, 0.4) is 0 Å². The minimum Gasteiger partial charge on any atom is -0.491 e. The Kier molecular flexibility index (Phi) is 9.23. The van der Waals surface area contributed by atoms with Crippen LogP contribution in [0.2, 0.25) is 0 Å². The molecule has 2 aromatic carbocycles. The van der Waals surface area contributed by atoms with E-state index in [2.05, 4.69) is 42.7 Å². The summed E-state index contributed by atoms with van der Waals surface area (Å²) in [4.78, 5) is 0. The molecule has 24 heavy (non-hydrogen) atoms. The summed E-state index contributed by atoms with van der Waals surface area (Å²) in [6.07, 6.45) is -0.518. The Labute approximate surface area is 150 Å². The van der Waals surface area contributed by atoms with E-state index in [0.717, 1.165) is 18.8 Å². The Bertz CT molecular complexity index is 573. The van der Waals surface area contributed by atoms with E-state index in [1.54, 1.807) is 0 Å². The molecule has 2 rings (SSSR count). The van der Waals surface area contributed by atoms with E-state index in [-0.39, 0.29) is 12.4 Å². The number of aliphatic hydroxyl groups is 1. The fourth-order valence-corrected chi connectivity index (χ4v) is 2.41. The maximum atomic E-state index is 9.91. The topological polar surface area (TPSA) is 53.5 Å². The first-order valence-corrected chi connectivity index (χ1v) is 8.03. The molecule has 5 heteroatoms. The van der Waals surface area contributed by atoms with Crippen molar-refractivity contribution in [2.75, 3.05) is 31.6 Å². The molecular formula is C19H27ClN2O2. The third-order valence-electron chi connectivity index (χ3n) is 3.65. The van der Waals surface area contributed by atoms with E-state index in [1.165, 1.54) is 16.8 Å². The third kappa shape index (κ3) is 6.79. The van der Waals surface area contributed by atoms with Gasteiger partial charge in [0.05, 0.1) is 0 Å². The maximum absolute atomic E-state index is 9.91. The highest BCUT2D eigenvalue weighted by molar-refractivity contribution is 5.85. The third-order valence-corrected chi connectivity index (χ3v) is 3.65. The van der Waals surface area contributed by atoms with Crippen LogP contribution in [0.1, 0.15) is 11.1 Å². The van der Waals surface area contributed by atoms with Gasteiger partial charge in [-0.05, 0) is 37.1 Å². The van der Waals surface area contributed by atoms with Crippen molar-refractivity contribution < 1.29 is 9.84 Å². The first kappa shape index (κ1) is 20.3. The van der Waals surface area contributed by atoms with Crippen LogP contribution in [0.4, 0.5) is 5.69 Å². The average Bonchev–Trinajstić information content (AvgIpc) is 2.56. The molecule has 0 spiro atoms. The van der Waals surface area contributed by atoms with E-state index in [4.69, 9.17) is 4.74 Å². The summed E-state index contributed by atoms with van der Waals surface area (Å²) in [6.45, 7) is 6.62. The summed E-state index contributed by atoms with van der Waals surface area (Å²) < 4.78 is 5.52. The monoisotopic (exact) mass is 350 g/mol. The second kappa shape index (κ2) is 10.9. The molecule has 0 aliphatic rings. The van der Waals surface area contributed by atoms with E-state index in [1.807, 2.05) is 30.3 Å². The van der Waals surface area contributed by atoms with Crippen molar-refractivity contribution in [3.8, 4) is 5.75 Å². The number of ether oxygens (including phenoxy) is 1. The van der Waals surface area contributed by atoms with Crippen LogP contribution < -0.4 is 15.4 Å². The van der Waals surface area contributed by atoms with Gasteiger partial charge in [0.15, 0.2) is 0 Å². The van der Waals surface area contributed by atoms with Crippen LogP contribution in [-0.2, 0) is 0 Å². The van der Waals surface area contributed by atoms with Gasteiger partial charge in [0.25, 0.3) is 0 Å². The predicted octanol–water partition coefficient (Wildman–Crippen LogP) is 3.17. The van der Waals surface area contributed by atoms with Crippen molar-refractivity contribution in [2.45, 2.75) is 20.0 Å². The van der Waals surface area contributed by atoms with Crippen molar-refractivity contribution in [3.63, 3.8) is 0 Å². The number of benzene rings is 2. The zero-order valence-electron chi connectivity index (χ0n) is 14.3. The van der Waals surface area contributed by atoms with Crippen LogP contribution >= 0.6 is 12.4 Å². The largest absolute Gasteiger partial charge is 0.491 e. The fourth-order valence-electron chi connectivity index (χ4n) is 2.41. The molecule has 0 aromatic heterocycles. The Morgan fingerprint density at radius 1 is 0.958 bits per heavy atom. The highest BCUT2D eigenvalue weighted by Gasteiger charge is 2.05. The second-order valence-electron chi connectivity index (χ2n) is 5.68. The van der Waals surface area contributed by atoms with Gasteiger partial charge in [-0.25, -0.2) is 0 Å². The van der Waals surface area contributed by atoms with Crippen molar-refractivity contribution in [1.82, 2.24) is 5.32 Å². The summed E-state index contributed by atoms with van der Waals surface area (Å²) in [6, 6.07) is 15.8. The minimum absolute atomic E-state index is 0. The number of hydrogen-bond acceptors (Lipinski definition) is 4. The molecule has 0 amide bonds. The van der Waals surface area contributed by atoms with Gasteiger partial charge in [-0.1, -0.05) is 36.4 Å². The Balaban J connectivity index is 0.00000288. The highest BCUT2D eigenvalue weighted by atomic mass is 35.5. The van der Waals surface area contributed by atoms with Gasteiger partial charge in [-0.3, -0.25) is 0 Å². The molecule has 0 fully saturated rings. The van der Waals surface area contributed by atoms with Crippen LogP contribution in [0.5, 0.6) is 5.75 Å². The molecule has 0 heterocycles. The molecule has 0 aliphatic carbocycles. The number of rotatable bonds is 9. The standard InChI is InChI=1S/C19H26N2O2.ClH/c1-15-7-6-8-16(2)19(15)21-12-11-20-13-17(22)14-23-18-9-4-3-5-10-18;/h3-10,17,20-22H,11-14H2,1-2H3;1H. The van der Waals surface area contributed by atoms with Crippen molar-refractivity contribution in [1.29, 1.82) is 0 Å². The highest BCUT2D eigenvalue weighted by Crippen LogP contribution is 2.18. The lowest BCUT2D eigenvalue weighted by molar-refractivity contribution is 0.107. The van der Waals surface area contributed by atoms with Gasteiger partial charge < -0.3 is 20.5 Å². The Morgan fingerprint density at radius 3 is 2.29 bits per heavy atom. The van der Waals surface area contributed by atoms with E-state index < -0.39 is 6.10 Å². The maximum Gasteiger partial charge on any atom is 0.119 e. The van der Waals surface area contributed by atoms with E-state index >= 15 is 0 Å². The van der Waals surface area contributed by atoms with Crippen LogP contribution in [-0.4, -0.2) is 37.5 Å². The first-order chi connectivity index (χ1) is 11.2. The lowest BCUT2D eigenvalue weighted by Gasteiger charge is -2.15. The number of aliphatic hydroxyl groups excluding tert-OH is 1. The molecule has 3 N–H and O–H groups in total. The zero-order chi connectivity index (χ0) is 16.5. The van der Waals surface area contributed by atoms with Crippen LogP contribution in [0.25, 0.3) is 0 Å². The second-order valence-corrected chi connectivity index (χ2v) is 5.68. The SMILES string of the molecule is Cc1cccc(C)c1NCCNCC(O)COc1ccccc1.Cl. The number of hydrogen-bond donors (Lipinski definition) is 3. The molecule has 1 unspecified atom stereocenters. The molecular weight excluding hydrogens is 324 g/mol. The van der Waals surface area contributed by atoms with E-state index in [9.17, 15) is 5.11 Å². The number of anilines is 1. The van der Waals surface area contributed by atoms with Crippen LogP contribution in [0, 0.1) is 13.8 Å². The Hall–Kier alpha value is -1.75. The Morgan fingerprint density at radius 2 is 1.62 bits per heavy atom. The van der Waals surface area contributed by atoms with Crippen molar-refractivity contribution in [2.24, 2.45) is 0 Å². The smallest absolute Gasteiger partial charge is 0.119 e. The lowest BCUT2D eigenvalue weighted by atomic mass is 10.1. The normalized spacial score (nSPS) is 11.5. The van der Waals surface area contributed by atoms with Gasteiger partial charge in [-0.15, -0.1) is 12.4 Å². The molecule has 2 aromatic rings. The van der Waals surface area contributed by atoms with Crippen molar-refractivity contribution in [3.05, 3.63) is 59.7 Å². The predicted molar refractivity (Wildman–Crippen MR) is 102 cm³/mol. The quantitative estimate of drug-likeness (QED) is 0.608. The molecule has 0 bridgehead atoms. The van der Waals surface area contributed by atoms with Gasteiger partial charge in [-0.2, -0.15) is 0 Å². The molecule has 0 saturated carbocycles. The van der Waals surface area contributed by atoms with Gasteiger partial charge in [0.1, 0.15) is 18.5 Å². The summed E-state index contributed by atoms with van der Waals surface area (Å²) in [5.74, 6) is 0.781. The summed E-state index contributed by atoms with van der Waals surface area (Å²) in [7, 11) is 0. The molecule has 0 saturated heterocycles. The summed E-state index contributed by atoms with van der Waals surface area (Å²) in [5, 5.41) is 16.6. The van der Waals surface area contributed by atoms with Crippen molar-refractivity contribution >= 4 is 18.1 Å². The van der Waals surface area contributed by atoms with Crippen LogP contribution in [0.15, 0.2) is 48.5 Å². The average molecular weight is 351 g/mol. The number of aryl methyl sites for hydroxylation is 2. The summed E-state index contributed by atoms with van der Waals surface area (Å²) >= 11 is 0. The van der Waals surface area contributed by atoms with E-state index in [0.29, 0.717) is 13.2 Å². The lowest BCUT2D eigenvalue weighted by Crippen LogP contribution is -2.34. The molecule has 132 valence electrons. The summed E-state index contributed by atoms with van der Waals surface area (Å²) in [5.41, 5.74) is 3.70. The molecule has 0 aliphatic heterocycles. The number of nitrogens with one attached hydrogen (secondary N) is 2. The minimum atomic E-state index is -0.518. The molecule has 4 nitrogen and oxygen atoms in total. The number of para-hydroxylation sites is 2. The van der Waals surface area contributed by atoms with Gasteiger partial charge in [0.2, 0.25) is 0 Å². The van der Waals surface area contributed by atoms with Gasteiger partial charge in [0, 0.05) is 25.3 Å². The molecule has 1 atom stereocenters. The zero-order valence-corrected chi connectivity index (χ0v) is 15.1. The first-order valence-electron chi connectivity index (χ1n) is 8.03. The fraction of sp³-hybridized carbons (Fsp3) is 0.368. The van der Waals surface area contributed by atoms with Gasteiger partial charge >= 0.3 is 0 Å². The molecule has 0 radical (unpaired) electrons.